The molecule has 1 unspecified atom stereocenters. The van der Waals surface area contributed by atoms with Gasteiger partial charge in [0, 0.05) is 24.5 Å². The number of nitrogen functional groups attached to an aromatic ring is 1. The predicted molar refractivity (Wildman–Crippen MR) is 63.1 cm³/mol. The van der Waals surface area contributed by atoms with Crippen LogP contribution in [0, 0.1) is 5.82 Å². The fourth-order valence-corrected chi connectivity index (χ4v) is 1.98. The second kappa shape index (κ2) is 4.70. The smallest absolute Gasteiger partial charge is 0.127 e. The summed E-state index contributed by atoms with van der Waals surface area (Å²) in [5.41, 5.74) is 6.95. The van der Waals surface area contributed by atoms with Gasteiger partial charge < -0.3 is 15.4 Å². The maximum Gasteiger partial charge on any atom is 0.127 e. The molecule has 1 heterocycles. The van der Waals surface area contributed by atoms with Gasteiger partial charge in [-0.2, -0.15) is 0 Å². The number of morpholine rings is 1. The molecule has 4 heteroatoms. The molecule has 0 saturated carbocycles. The van der Waals surface area contributed by atoms with Crippen molar-refractivity contribution < 1.29 is 9.13 Å². The molecule has 0 amide bonds. The fourth-order valence-electron chi connectivity index (χ4n) is 1.98. The summed E-state index contributed by atoms with van der Waals surface area (Å²) >= 11 is 0. The van der Waals surface area contributed by atoms with Crippen LogP contribution in [0.3, 0.4) is 0 Å². The van der Waals surface area contributed by atoms with E-state index in [2.05, 4.69) is 11.8 Å². The minimum absolute atomic E-state index is 0.234. The van der Waals surface area contributed by atoms with Crippen molar-refractivity contribution in [1.29, 1.82) is 0 Å². The number of anilines is 2. The summed E-state index contributed by atoms with van der Waals surface area (Å²) in [5, 5.41) is 0. The van der Waals surface area contributed by atoms with Crippen LogP contribution >= 0.6 is 0 Å². The largest absolute Gasteiger partial charge is 0.399 e. The number of rotatable bonds is 2. The van der Waals surface area contributed by atoms with Gasteiger partial charge in [0.2, 0.25) is 0 Å². The third kappa shape index (κ3) is 2.44. The molecule has 0 aliphatic carbocycles. The monoisotopic (exact) mass is 224 g/mol. The van der Waals surface area contributed by atoms with Gasteiger partial charge in [-0.15, -0.1) is 0 Å². The molecule has 1 aliphatic rings. The summed E-state index contributed by atoms with van der Waals surface area (Å²) in [6.45, 7) is 4.38. The Labute approximate surface area is 95.0 Å². The van der Waals surface area contributed by atoms with Gasteiger partial charge in [-0.1, -0.05) is 6.92 Å². The summed E-state index contributed by atoms with van der Waals surface area (Å²) in [5.74, 6) is -0.283. The summed E-state index contributed by atoms with van der Waals surface area (Å²) in [6, 6.07) is 4.66. The molecule has 1 fully saturated rings. The van der Waals surface area contributed by atoms with Crippen molar-refractivity contribution in [3.05, 3.63) is 24.0 Å². The van der Waals surface area contributed by atoms with Crippen LogP contribution in [-0.2, 0) is 4.74 Å². The molecule has 2 rings (SSSR count). The summed E-state index contributed by atoms with van der Waals surface area (Å²) < 4.78 is 18.8. The van der Waals surface area contributed by atoms with Gasteiger partial charge in [-0.25, -0.2) is 4.39 Å². The Balaban J connectivity index is 2.16. The van der Waals surface area contributed by atoms with E-state index in [9.17, 15) is 4.39 Å². The number of halogens is 1. The highest BCUT2D eigenvalue weighted by molar-refractivity contribution is 5.56. The SMILES string of the molecule is CCC1CN(c2cc(N)cc(F)c2)CCO1. The normalized spacial score (nSPS) is 21.1. The molecule has 1 aliphatic heterocycles. The molecule has 88 valence electrons. The highest BCUT2D eigenvalue weighted by Crippen LogP contribution is 2.22. The highest BCUT2D eigenvalue weighted by Gasteiger charge is 2.19. The highest BCUT2D eigenvalue weighted by atomic mass is 19.1. The van der Waals surface area contributed by atoms with Gasteiger partial charge in [-0.3, -0.25) is 0 Å². The van der Waals surface area contributed by atoms with E-state index >= 15 is 0 Å². The van der Waals surface area contributed by atoms with Crippen LogP contribution in [0.15, 0.2) is 18.2 Å². The number of hydrogen-bond acceptors (Lipinski definition) is 3. The van der Waals surface area contributed by atoms with Crippen LogP contribution in [0.25, 0.3) is 0 Å². The molecular formula is C12H17FN2O. The van der Waals surface area contributed by atoms with Crippen LogP contribution in [0.5, 0.6) is 0 Å². The lowest BCUT2D eigenvalue weighted by Gasteiger charge is -2.34. The number of benzene rings is 1. The Hall–Kier alpha value is -1.29. The van der Waals surface area contributed by atoms with E-state index in [4.69, 9.17) is 10.5 Å². The Morgan fingerprint density at radius 1 is 1.50 bits per heavy atom. The predicted octanol–water partition coefficient (Wildman–Crippen LogP) is 2.02. The second-order valence-corrected chi connectivity index (χ2v) is 4.09. The van der Waals surface area contributed by atoms with Crippen molar-refractivity contribution in [2.45, 2.75) is 19.4 Å². The molecule has 0 spiro atoms. The van der Waals surface area contributed by atoms with Crippen molar-refractivity contribution in [2.75, 3.05) is 30.3 Å². The van der Waals surface area contributed by atoms with E-state index in [1.165, 1.54) is 12.1 Å². The molecule has 0 radical (unpaired) electrons. The average Bonchev–Trinajstić information content (AvgIpc) is 2.28. The molecular weight excluding hydrogens is 207 g/mol. The van der Waals surface area contributed by atoms with E-state index in [-0.39, 0.29) is 11.9 Å². The van der Waals surface area contributed by atoms with Crippen molar-refractivity contribution in [3.8, 4) is 0 Å². The molecule has 16 heavy (non-hydrogen) atoms. The quantitative estimate of drug-likeness (QED) is 0.781. The lowest BCUT2D eigenvalue weighted by Crippen LogP contribution is -2.42. The van der Waals surface area contributed by atoms with Crippen LogP contribution in [-0.4, -0.2) is 25.8 Å². The Kier molecular flexibility index (Phi) is 3.29. The van der Waals surface area contributed by atoms with Gasteiger partial charge in [0.25, 0.3) is 0 Å². The first-order chi connectivity index (χ1) is 7.69. The van der Waals surface area contributed by atoms with Crippen LogP contribution in [0.1, 0.15) is 13.3 Å². The van der Waals surface area contributed by atoms with E-state index in [0.29, 0.717) is 12.3 Å². The number of hydrogen-bond donors (Lipinski definition) is 1. The first-order valence-corrected chi connectivity index (χ1v) is 5.61. The summed E-state index contributed by atoms with van der Waals surface area (Å²) in [6.07, 6.45) is 1.21. The zero-order chi connectivity index (χ0) is 11.5. The van der Waals surface area contributed by atoms with Crippen LogP contribution < -0.4 is 10.6 Å². The molecule has 1 aromatic carbocycles. The third-order valence-corrected chi connectivity index (χ3v) is 2.86. The standard InChI is InChI=1S/C12H17FN2O/c1-2-12-8-15(3-4-16-12)11-6-9(13)5-10(14)7-11/h5-7,12H,2-4,8,14H2,1H3. The Morgan fingerprint density at radius 2 is 2.31 bits per heavy atom. The van der Waals surface area contributed by atoms with Gasteiger partial charge in [0.15, 0.2) is 0 Å². The summed E-state index contributed by atoms with van der Waals surface area (Å²) in [7, 11) is 0. The van der Waals surface area contributed by atoms with Crippen molar-refractivity contribution in [2.24, 2.45) is 0 Å². The fraction of sp³-hybridized carbons (Fsp3) is 0.500. The molecule has 3 nitrogen and oxygen atoms in total. The minimum atomic E-state index is -0.283. The zero-order valence-corrected chi connectivity index (χ0v) is 9.45. The molecule has 0 aromatic heterocycles. The van der Waals surface area contributed by atoms with Crippen molar-refractivity contribution in [3.63, 3.8) is 0 Å². The zero-order valence-electron chi connectivity index (χ0n) is 9.45. The molecule has 1 saturated heterocycles. The minimum Gasteiger partial charge on any atom is -0.399 e. The van der Waals surface area contributed by atoms with Gasteiger partial charge in [0.1, 0.15) is 5.82 Å². The maximum absolute atomic E-state index is 13.2. The molecule has 1 aromatic rings. The Bertz CT molecular complexity index is 350. The second-order valence-electron chi connectivity index (χ2n) is 4.09. The lowest BCUT2D eigenvalue weighted by atomic mass is 10.2. The van der Waals surface area contributed by atoms with E-state index in [1.807, 2.05) is 0 Å². The van der Waals surface area contributed by atoms with E-state index in [1.54, 1.807) is 6.07 Å². The van der Waals surface area contributed by atoms with Crippen molar-refractivity contribution >= 4 is 11.4 Å². The van der Waals surface area contributed by atoms with Gasteiger partial charge in [0.05, 0.1) is 12.7 Å². The van der Waals surface area contributed by atoms with E-state index < -0.39 is 0 Å². The third-order valence-electron chi connectivity index (χ3n) is 2.86. The number of nitrogens with zero attached hydrogens (tertiary/aromatic N) is 1. The van der Waals surface area contributed by atoms with Crippen LogP contribution in [0.4, 0.5) is 15.8 Å². The first kappa shape index (κ1) is 11.2. The van der Waals surface area contributed by atoms with E-state index in [0.717, 1.165) is 25.2 Å². The van der Waals surface area contributed by atoms with Crippen LogP contribution in [0.2, 0.25) is 0 Å². The number of nitrogens with two attached hydrogens (primary N) is 1. The molecule has 2 N–H and O–H groups in total. The molecule has 1 atom stereocenters. The van der Waals surface area contributed by atoms with Crippen molar-refractivity contribution in [1.82, 2.24) is 0 Å². The maximum atomic E-state index is 13.2. The molecule has 0 bridgehead atoms. The Morgan fingerprint density at radius 3 is 3.00 bits per heavy atom. The summed E-state index contributed by atoms with van der Waals surface area (Å²) in [4.78, 5) is 2.12. The average molecular weight is 224 g/mol. The number of ether oxygens (including phenoxy) is 1. The van der Waals surface area contributed by atoms with Gasteiger partial charge >= 0.3 is 0 Å². The first-order valence-electron chi connectivity index (χ1n) is 5.61. The lowest BCUT2D eigenvalue weighted by molar-refractivity contribution is 0.0384. The van der Waals surface area contributed by atoms with Gasteiger partial charge in [-0.05, 0) is 24.6 Å². The topological polar surface area (TPSA) is 38.5 Å².